The van der Waals surface area contributed by atoms with Crippen molar-refractivity contribution in [2.24, 2.45) is 10.7 Å². The Hall–Kier alpha value is -2.20. The molecule has 0 bridgehead atoms. The first-order valence-electron chi connectivity index (χ1n) is 5.11. The van der Waals surface area contributed by atoms with Gasteiger partial charge in [0.2, 0.25) is 12.2 Å². The van der Waals surface area contributed by atoms with Gasteiger partial charge in [0, 0.05) is 5.75 Å². The summed E-state index contributed by atoms with van der Waals surface area (Å²) in [5.41, 5.74) is 5.56. The first-order chi connectivity index (χ1) is 8.60. The van der Waals surface area contributed by atoms with Crippen molar-refractivity contribution in [3.8, 4) is 6.19 Å². The number of carbonyl (C=O) groups excluding carboxylic acids is 1. The van der Waals surface area contributed by atoms with Gasteiger partial charge in [-0.25, -0.2) is 0 Å². The van der Waals surface area contributed by atoms with Crippen LogP contribution in [0.2, 0.25) is 0 Å². The van der Waals surface area contributed by atoms with Gasteiger partial charge in [-0.3, -0.25) is 14.3 Å². The zero-order valence-corrected chi connectivity index (χ0v) is 10.5. The van der Waals surface area contributed by atoms with Gasteiger partial charge in [0.25, 0.3) is 5.91 Å². The Bertz CT molecular complexity index is 548. The molecule has 1 amide bonds. The molecule has 94 valence electrons. The average molecular weight is 264 g/mol. The van der Waals surface area contributed by atoms with E-state index in [1.165, 1.54) is 12.3 Å². The molecule has 0 radical (unpaired) electrons. The SMILES string of the molecule is CCS(=O)c1ccccc1C(=O)NC(N)=NC#N. The molecule has 6 nitrogen and oxygen atoms in total. The number of nitrogens with two attached hydrogens (primary N) is 1. The van der Waals surface area contributed by atoms with E-state index >= 15 is 0 Å². The molecule has 0 saturated heterocycles. The Morgan fingerprint density at radius 1 is 1.56 bits per heavy atom. The highest BCUT2D eigenvalue weighted by Gasteiger charge is 2.15. The normalized spacial score (nSPS) is 12.6. The third-order valence-electron chi connectivity index (χ3n) is 2.05. The minimum Gasteiger partial charge on any atom is -0.369 e. The lowest BCUT2D eigenvalue weighted by Crippen LogP contribution is -2.37. The van der Waals surface area contributed by atoms with Gasteiger partial charge >= 0.3 is 0 Å². The van der Waals surface area contributed by atoms with Crippen LogP contribution < -0.4 is 11.1 Å². The minimum absolute atomic E-state index is 0.258. The minimum atomic E-state index is -1.25. The van der Waals surface area contributed by atoms with Crippen LogP contribution in [-0.4, -0.2) is 21.8 Å². The summed E-state index contributed by atoms with van der Waals surface area (Å²) >= 11 is 0. The Labute approximate surface area is 107 Å². The summed E-state index contributed by atoms with van der Waals surface area (Å²) in [6, 6.07) is 6.51. The summed E-state index contributed by atoms with van der Waals surface area (Å²) in [5, 5.41) is 10.5. The molecule has 18 heavy (non-hydrogen) atoms. The maximum absolute atomic E-state index is 11.9. The van der Waals surface area contributed by atoms with Crippen LogP contribution in [0.4, 0.5) is 0 Å². The van der Waals surface area contributed by atoms with Crippen molar-refractivity contribution in [2.75, 3.05) is 5.75 Å². The van der Waals surface area contributed by atoms with Crippen LogP contribution in [0.1, 0.15) is 17.3 Å². The Balaban J connectivity index is 3.04. The van der Waals surface area contributed by atoms with Crippen molar-refractivity contribution in [3.63, 3.8) is 0 Å². The zero-order chi connectivity index (χ0) is 13.5. The summed E-state index contributed by atoms with van der Waals surface area (Å²) < 4.78 is 11.8. The summed E-state index contributed by atoms with van der Waals surface area (Å²) in [4.78, 5) is 15.5. The molecule has 1 aromatic rings. The fourth-order valence-electron chi connectivity index (χ4n) is 1.27. The van der Waals surface area contributed by atoms with Crippen molar-refractivity contribution in [2.45, 2.75) is 11.8 Å². The van der Waals surface area contributed by atoms with Crippen LogP contribution in [0.5, 0.6) is 0 Å². The van der Waals surface area contributed by atoms with Crippen LogP contribution in [0, 0.1) is 11.5 Å². The zero-order valence-electron chi connectivity index (χ0n) is 9.71. The van der Waals surface area contributed by atoms with E-state index in [1.807, 2.05) is 0 Å². The second-order valence-electron chi connectivity index (χ2n) is 3.18. The fraction of sp³-hybridized carbons (Fsp3) is 0.182. The summed E-state index contributed by atoms with van der Waals surface area (Å²) in [6.07, 6.45) is 1.46. The van der Waals surface area contributed by atoms with Crippen molar-refractivity contribution in [1.29, 1.82) is 5.26 Å². The molecule has 0 spiro atoms. The summed E-state index contributed by atoms with van der Waals surface area (Å²) in [7, 11) is -1.25. The van der Waals surface area contributed by atoms with Gasteiger partial charge in [0.15, 0.2) is 0 Å². The number of amides is 1. The number of nitrogens with one attached hydrogen (secondary N) is 1. The molecule has 1 unspecified atom stereocenters. The summed E-state index contributed by atoms with van der Waals surface area (Å²) in [5.74, 6) is -0.421. The van der Waals surface area contributed by atoms with Crippen LogP contribution >= 0.6 is 0 Å². The molecule has 1 atom stereocenters. The monoisotopic (exact) mass is 264 g/mol. The number of aliphatic imine (C=N–C) groups is 1. The number of benzene rings is 1. The molecular weight excluding hydrogens is 252 g/mol. The lowest BCUT2D eigenvalue weighted by molar-refractivity contribution is 0.0973. The van der Waals surface area contributed by atoms with Crippen molar-refractivity contribution in [3.05, 3.63) is 29.8 Å². The van der Waals surface area contributed by atoms with E-state index in [1.54, 1.807) is 25.1 Å². The lowest BCUT2D eigenvalue weighted by Gasteiger charge is -2.07. The molecule has 7 heteroatoms. The Kier molecular flexibility index (Phi) is 5.02. The van der Waals surface area contributed by atoms with Crippen LogP contribution in [0.3, 0.4) is 0 Å². The highest BCUT2D eigenvalue weighted by Crippen LogP contribution is 2.13. The van der Waals surface area contributed by atoms with E-state index in [4.69, 9.17) is 11.0 Å². The predicted molar refractivity (Wildman–Crippen MR) is 68.1 cm³/mol. The average Bonchev–Trinajstić information content (AvgIpc) is 2.38. The van der Waals surface area contributed by atoms with Gasteiger partial charge in [0.05, 0.1) is 21.3 Å². The molecular formula is C11H12N4O2S. The smallest absolute Gasteiger partial charge is 0.259 e. The second-order valence-corrected chi connectivity index (χ2v) is 4.89. The number of nitrogens with zero attached hydrogens (tertiary/aromatic N) is 2. The number of hydrogen-bond acceptors (Lipinski definition) is 4. The van der Waals surface area contributed by atoms with Crippen molar-refractivity contribution in [1.82, 2.24) is 5.32 Å². The van der Waals surface area contributed by atoms with E-state index < -0.39 is 16.7 Å². The predicted octanol–water partition coefficient (Wildman–Crippen LogP) is 0.340. The molecule has 1 rings (SSSR count). The highest BCUT2D eigenvalue weighted by molar-refractivity contribution is 7.85. The molecule has 0 aliphatic rings. The number of hydrogen-bond donors (Lipinski definition) is 2. The third kappa shape index (κ3) is 3.40. The first-order valence-corrected chi connectivity index (χ1v) is 6.43. The largest absolute Gasteiger partial charge is 0.369 e. The Morgan fingerprint density at radius 2 is 2.22 bits per heavy atom. The number of guanidine groups is 1. The molecule has 0 aromatic heterocycles. The topological polar surface area (TPSA) is 108 Å². The van der Waals surface area contributed by atoms with E-state index in [-0.39, 0.29) is 11.5 Å². The lowest BCUT2D eigenvalue weighted by atomic mass is 10.2. The van der Waals surface area contributed by atoms with Gasteiger partial charge < -0.3 is 5.73 Å². The quantitative estimate of drug-likeness (QED) is 0.466. The van der Waals surface area contributed by atoms with Gasteiger partial charge in [-0.15, -0.1) is 4.99 Å². The van der Waals surface area contributed by atoms with E-state index in [0.717, 1.165) is 0 Å². The molecule has 0 fully saturated rings. The van der Waals surface area contributed by atoms with Crippen molar-refractivity contribution < 1.29 is 9.00 Å². The molecule has 0 heterocycles. The maximum atomic E-state index is 11.9. The third-order valence-corrected chi connectivity index (χ3v) is 3.42. The van der Waals surface area contributed by atoms with E-state index in [2.05, 4.69) is 10.3 Å². The summed E-state index contributed by atoms with van der Waals surface area (Å²) in [6.45, 7) is 1.76. The van der Waals surface area contributed by atoms with Gasteiger partial charge in [-0.2, -0.15) is 5.26 Å². The fourth-order valence-corrected chi connectivity index (χ4v) is 2.22. The van der Waals surface area contributed by atoms with Crippen molar-refractivity contribution >= 4 is 22.7 Å². The number of carbonyl (C=O) groups is 1. The maximum Gasteiger partial charge on any atom is 0.259 e. The van der Waals surface area contributed by atoms with E-state index in [0.29, 0.717) is 10.6 Å². The van der Waals surface area contributed by atoms with Gasteiger partial charge in [0.1, 0.15) is 0 Å². The first kappa shape index (κ1) is 13.9. The number of rotatable bonds is 3. The highest BCUT2D eigenvalue weighted by atomic mass is 32.2. The Morgan fingerprint density at radius 3 is 2.83 bits per heavy atom. The van der Waals surface area contributed by atoms with E-state index in [9.17, 15) is 9.00 Å². The van der Waals surface area contributed by atoms with Crippen LogP contribution in [0.15, 0.2) is 34.2 Å². The molecule has 3 N–H and O–H groups in total. The second kappa shape index (κ2) is 6.51. The van der Waals surface area contributed by atoms with Gasteiger partial charge in [-0.05, 0) is 12.1 Å². The molecule has 0 aliphatic heterocycles. The van der Waals surface area contributed by atoms with Crippen LogP contribution in [0.25, 0.3) is 0 Å². The number of nitriles is 1. The molecule has 0 aliphatic carbocycles. The molecule has 1 aromatic carbocycles. The van der Waals surface area contributed by atoms with Gasteiger partial charge in [-0.1, -0.05) is 19.1 Å². The standard InChI is InChI=1S/C11H12N4O2S/c1-2-18(17)9-6-4-3-5-8(9)10(16)15-11(13)14-7-12/h3-6H,2H2,1H3,(H3,13,14,15,16). The molecule has 0 saturated carbocycles. The van der Waals surface area contributed by atoms with Crippen LogP contribution in [-0.2, 0) is 10.8 Å².